The molecule has 140 valence electrons. The van der Waals surface area contributed by atoms with E-state index in [0.29, 0.717) is 28.4 Å². The fourth-order valence-electron chi connectivity index (χ4n) is 5.08. The number of hydrogen-bond acceptors (Lipinski definition) is 2. The largest absolute Gasteiger partial charge is 0.462 e. The minimum Gasteiger partial charge on any atom is -0.462 e. The van der Waals surface area contributed by atoms with Gasteiger partial charge in [-0.3, -0.25) is 0 Å². The zero-order valence-corrected chi connectivity index (χ0v) is 16.9. The minimum absolute atomic E-state index is 0.258. The summed E-state index contributed by atoms with van der Waals surface area (Å²) in [7, 11) is 0. The van der Waals surface area contributed by atoms with Crippen molar-refractivity contribution in [3.05, 3.63) is 53.1 Å². The first-order chi connectivity index (χ1) is 12.2. The van der Waals surface area contributed by atoms with E-state index in [9.17, 15) is 4.79 Å². The van der Waals surface area contributed by atoms with Crippen molar-refractivity contribution in [1.29, 1.82) is 0 Å². The van der Waals surface area contributed by atoms with Gasteiger partial charge in [0.2, 0.25) is 0 Å². The van der Waals surface area contributed by atoms with Crippen LogP contribution in [0.1, 0.15) is 76.2 Å². The molecule has 1 aromatic carbocycles. The molecule has 2 heteroatoms. The molecule has 0 N–H and O–H groups in total. The zero-order valence-electron chi connectivity index (χ0n) is 16.9. The van der Waals surface area contributed by atoms with Gasteiger partial charge >= 0.3 is 5.97 Å². The molecule has 26 heavy (non-hydrogen) atoms. The number of fused-ring (bicyclic) bond motifs is 1. The van der Waals surface area contributed by atoms with Crippen molar-refractivity contribution >= 4 is 12.0 Å². The van der Waals surface area contributed by atoms with E-state index in [1.165, 1.54) is 31.3 Å². The number of rotatable bonds is 5. The van der Waals surface area contributed by atoms with Gasteiger partial charge in [0.25, 0.3) is 0 Å². The van der Waals surface area contributed by atoms with Crippen molar-refractivity contribution in [2.75, 3.05) is 6.61 Å². The fraction of sp³-hybridized carbons (Fsp3) is 0.542. The maximum absolute atomic E-state index is 11.7. The minimum atomic E-state index is -0.258. The number of esters is 1. The van der Waals surface area contributed by atoms with Crippen LogP contribution in [0.5, 0.6) is 0 Å². The molecule has 0 spiro atoms. The van der Waals surface area contributed by atoms with Crippen molar-refractivity contribution < 1.29 is 9.53 Å². The smallest absolute Gasteiger partial charge is 0.338 e. The van der Waals surface area contributed by atoms with Gasteiger partial charge in [0, 0.05) is 0 Å². The molecule has 0 bridgehead atoms. The molecular weight excluding hydrogens is 320 g/mol. The van der Waals surface area contributed by atoms with Crippen LogP contribution in [0.15, 0.2) is 42.0 Å². The van der Waals surface area contributed by atoms with Crippen molar-refractivity contribution in [2.24, 2.45) is 16.2 Å². The molecule has 0 aliphatic heterocycles. The number of ether oxygens (including phenoxy) is 1. The Bertz CT molecular complexity index is 738. The molecule has 3 rings (SSSR count). The highest BCUT2D eigenvalue weighted by molar-refractivity contribution is 5.89. The lowest BCUT2D eigenvalue weighted by Crippen LogP contribution is -2.32. The van der Waals surface area contributed by atoms with Crippen LogP contribution in [0, 0.1) is 16.2 Å². The van der Waals surface area contributed by atoms with Crippen LogP contribution in [-0.4, -0.2) is 12.6 Å². The third kappa shape index (κ3) is 3.26. The summed E-state index contributed by atoms with van der Waals surface area (Å²) in [6, 6.07) is 7.63. The molecule has 0 amide bonds. The predicted octanol–water partition coefficient (Wildman–Crippen LogP) is 6.43. The van der Waals surface area contributed by atoms with E-state index >= 15 is 0 Å². The molecule has 0 heterocycles. The van der Waals surface area contributed by atoms with Gasteiger partial charge in [-0.25, -0.2) is 4.79 Å². The fourth-order valence-corrected chi connectivity index (χ4v) is 5.08. The number of hydrogen-bond donors (Lipinski definition) is 0. The Hall–Kier alpha value is -1.83. The number of allylic oxidation sites excluding steroid dienone is 3. The molecular formula is C24H32O2. The SMILES string of the molecule is CCOC(=O)c1ccc(/C=C(C)/C=C/C23CC2(C)CCCC3(C)C)cc1. The lowest BCUT2D eigenvalue weighted by Gasteiger charge is -2.41. The first kappa shape index (κ1) is 18.9. The summed E-state index contributed by atoms with van der Waals surface area (Å²) in [5.41, 5.74) is 4.21. The van der Waals surface area contributed by atoms with Crippen molar-refractivity contribution in [1.82, 2.24) is 0 Å². The van der Waals surface area contributed by atoms with Crippen molar-refractivity contribution in [3.8, 4) is 0 Å². The molecule has 2 saturated carbocycles. The van der Waals surface area contributed by atoms with Crippen LogP contribution >= 0.6 is 0 Å². The molecule has 0 saturated heterocycles. The Morgan fingerprint density at radius 3 is 2.46 bits per heavy atom. The van der Waals surface area contributed by atoms with Crippen molar-refractivity contribution in [2.45, 2.75) is 60.3 Å². The first-order valence-corrected chi connectivity index (χ1v) is 9.88. The van der Waals surface area contributed by atoms with E-state index in [-0.39, 0.29) is 5.97 Å². The summed E-state index contributed by atoms with van der Waals surface area (Å²) in [5.74, 6) is -0.258. The van der Waals surface area contributed by atoms with Gasteiger partial charge in [-0.05, 0) is 67.1 Å². The number of benzene rings is 1. The van der Waals surface area contributed by atoms with E-state index in [4.69, 9.17) is 4.74 Å². The maximum Gasteiger partial charge on any atom is 0.338 e. The van der Waals surface area contributed by atoms with E-state index in [0.717, 1.165) is 5.56 Å². The zero-order chi connectivity index (χ0) is 19.0. The lowest BCUT2D eigenvalue weighted by molar-refractivity contribution is 0.0526. The van der Waals surface area contributed by atoms with Gasteiger partial charge in [0.05, 0.1) is 12.2 Å². The van der Waals surface area contributed by atoms with Gasteiger partial charge in [-0.15, -0.1) is 0 Å². The van der Waals surface area contributed by atoms with E-state index in [1.54, 1.807) is 0 Å². The quantitative estimate of drug-likeness (QED) is 0.451. The standard InChI is InChI=1S/C24H32O2/c1-6-26-21(25)20-10-8-19(9-11-20)16-18(2)12-15-24-17-23(24,5)14-7-13-22(24,3)4/h8-12,15-16H,6-7,13-14,17H2,1-5H3/b15-12+,18-16+. The van der Waals surface area contributed by atoms with Gasteiger partial charge < -0.3 is 4.74 Å². The average Bonchev–Trinajstić information content (AvgIpc) is 3.21. The van der Waals surface area contributed by atoms with Gasteiger partial charge in [0.1, 0.15) is 0 Å². The molecule has 2 nitrogen and oxygen atoms in total. The second-order valence-corrected chi connectivity index (χ2v) is 9.01. The molecule has 1 aromatic rings. The average molecular weight is 353 g/mol. The lowest BCUT2D eigenvalue weighted by atomic mass is 9.63. The molecule has 0 radical (unpaired) electrons. The van der Waals surface area contributed by atoms with Crippen LogP contribution in [0.4, 0.5) is 0 Å². The van der Waals surface area contributed by atoms with Crippen LogP contribution < -0.4 is 0 Å². The number of carbonyl (C=O) groups is 1. The van der Waals surface area contributed by atoms with Crippen LogP contribution in [-0.2, 0) is 4.74 Å². The Kier molecular flexibility index (Phi) is 4.90. The molecule has 0 aromatic heterocycles. The third-order valence-corrected chi connectivity index (χ3v) is 6.81. The van der Waals surface area contributed by atoms with Crippen molar-refractivity contribution in [3.63, 3.8) is 0 Å². The molecule has 2 aliphatic carbocycles. The van der Waals surface area contributed by atoms with Gasteiger partial charge in [-0.1, -0.05) is 63.1 Å². The van der Waals surface area contributed by atoms with E-state index in [2.05, 4.69) is 45.9 Å². The predicted molar refractivity (Wildman–Crippen MR) is 108 cm³/mol. The summed E-state index contributed by atoms with van der Waals surface area (Å²) in [4.78, 5) is 11.7. The van der Waals surface area contributed by atoms with Crippen LogP contribution in [0.25, 0.3) is 6.08 Å². The Labute approximate surface area is 158 Å². The molecule has 2 atom stereocenters. The topological polar surface area (TPSA) is 26.3 Å². The third-order valence-electron chi connectivity index (χ3n) is 6.81. The first-order valence-electron chi connectivity index (χ1n) is 9.88. The summed E-state index contributed by atoms with van der Waals surface area (Å²) in [6.45, 7) is 11.7. The van der Waals surface area contributed by atoms with E-state index < -0.39 is 0 Å². The summed E-state index contributed by atoms with van der Waals surface area (Å²) in [6.07, 6.45) is 12.3. The number of carbonyl (C=O) groups excluding carboxylic acids is 1. The molecule has 2 fully saturated rings. The highest BCUT2D eigenvalue weighted by Gasteiger charge is 2.69. The van der Waals surface area contributed by atoms with E-state index in [1.807, 2.05) is 31.2 Å². The Morgan fingerprint density at radius 1 is 1.15 bits per heavy atom. The van der Waals surface area contributed by atoms with Gasteiger partial charge in [-0.2, -0.15) is 0 Å². The summed E-state index contributed by atoms with van der Waals surface area (Å²) >= 11 is 0. The molecule has 2 unspecified atom stereocenters. The second-order valence-electron chi connectivity index (χ2n) is 9.01. The monoisotopic (exact) mass is 352 g/mol. The molecule has 2 aliphatic rings. The normalized spacial score (nSPS) is 30.1. The Balaban J connectivity index is 1.73. The highest BCUT2D eigenvalue weighted by Crippen LogP contribution is 2.78. The van der Waals surface area contributed by atoms with Crippen LogP contribution in [0.2, 0.25) is 0 Å². The second kappa shape index (κ2) is 6.72. The summed E-state index contributed by atoms with van der Waals surface area (Å²) in [5, 5.41) is 0. The summed E-state index contributed by atoms with van der Waals surface area (Å²) < 4.78 is 5.03. The Morgan fingerprint density at radius 2 is 1.85 bits per heavy atom. The van der Waals surface area contributed by atoms with Crippen LogP contribution in [0.3, 0.4) is 0 Å². The highest BCUT2D eigenvalue weighted by atomic mass is 16.5. The maximum atomic E-state index is 11.7. The van der Waals surface area contributed by atoms with Gasteiger partial charge in [0.15, 0.2) is 0 Å².